The summed E-state index contributed by atoms with van der Waals surface area (Å²) in [5.41, 5.74) is 0.930. The van der Waals surface area contributed by atoms with Crippen molar-refractivity contribution in [1.29, 1.82) is 0 Å². The molecule has 0 aromatic carbocycles. The van der Waals surface area contributed by atoms with Gasteiger partial charge in [-0.25, -0.2) is 4.98 Å². The van der Waals surface area contributed by atoms with Crippen molar-refractivity contribution in [2.24, 2.45) is 0 Å². The molecule has 0 spiro atoms. The molecule has 13 heavy (non-hydrogen) atoms. The molecule has 1 aromatic rings. The Bertz CT molecular complexity index is 386. The molecule has 70 valence electrons. The highest BCUT2D eigenvalue weighted by Crippen LogP contribution is 2.05. The molecule has 0 atom stereocenters. The van der Waals surface area contributed by atoms with Gasteiger partial charge in [0.2, 0.25) is 0 Å². The fourth-order valence-corrected chi connectivity index (χ4v) is 1.05. The lowest BCUT2D eigenvalue weighted by Gasteiger charge is -2.01. The minimum Gasteiger partial charge on any atom is -0.294 e. The van der Waals surface area contributed by atoms with Crippen molar-refractivity contribution in [3.63, 3.8) is 0 Å². The van der Waals surface area contributed by atoms with Gasteiger partial charge in [-0.15, -0.1) is 0 Å². The second-order valence-electron chi connectivity index (χ2n) is 2.23. The van der Waals surface area contributed by atoms with E-state index in [-0.39, 0.29) is 17.3 Å². The van der Waals surface area contributed by atoms with Crippen LogP contribution in [-0.4, -0.2) is 9.55 Å². The molecule has 0 radical (unpaired) electrons. The van der Waals surface area contributed by atoms with E-state index in [1.807, 2.05) is 0 Å². The normalized spacial score (nSPS) is 11.8. The van der Waals surface area contributed by atoms with Crippen molar-refractivity contribution < 1.29 is 0 Å². The molecule has 0 aliphatic heterocycles. The number of nitrogens with zero attached hydrogens (tertiary/aromatic N) is 2. The highest BCUT2D eigenvalue weighted by Gasteiger charge is 1.99. The summed E-state index contributed by atoms with van der Waals surface area (Å²) in [4.78, 5) is 14.9. The monoisotopic (exact) mass is 238 g/mol. The highest BCUT2D eigenvalue weighted by atomic mass is 35.5. The Balaban J connectivity index is 2.97. The zero-order chi connectivity index (χ0) is 9.84. The van der Waals surface area contributed by atoms with E-state index >= 15 is 0 Å². The Kier molecular flexibility index (Phi) is 3.78. The molecule has 0 aliphatic carbocycles. The molecule has 1 rings (SSSR count). The topological polar surface area (TPSA) is 34.9 Å². The van der Waals surface area contributed by atoms with Crippen molar-refractivity contribution >= 4 is 34.8 Å². The molecule has 0 saturated heterocycles. The van der Waals surface area contributed by atoms with Crippen LogP contribution in [-0.2, 0) is 6.54 Å². The lowest BCUT2D eigenvalue weighted by atomic mass is 10.5. The fourth-order valence-electron chi connectivity index (χ4n) is 0.720. The number of halogens is 3. The van der Waals surface area contributed by atoms with E-state index in [0.29, 0.717) is 5.03 Å². The van der Waals surface area contributed by atoms with E-state index in [1.165, 1.54) is 22.5 Å². The van der Waals surface area contributed by atoms with Crippen molar-refractivity contribution in [1.82, 2.24) is 9.55 Å². The summed E-state index contributed by atoms with van der Waals surface area (Å²) < 4.78 is 1.30. The third-order valence-corrected chi connectivity index (χ3v) is 2.10. The van der Waals surface area contributed by atoms with Gasteiger partial charge in [0.05, 0.1) is 12.9 Å². The second kappa shape index (κ2) is 4.65. The van der Waals surface area contributed by atoms with Crippen LogP contribution in [0.25, 0.3) is 0 Å². The Hall–Kier alpha value is -0.510. The van der Waals surface area contributed by atoms with Crippen LogP contribution in [0.5, 0.6) is 0 Å². The third-order valence-electron chi connectivity index (χ3n) is 1.29. The first-order valence-electron chi connectivity index (χ1n) is 3.30. The lowest BCUT2D eigenvalue weighted by Crippen LogP contribution is -2.19. The maximum atomic E-state index is 11.2. The van der Waals surface area contributed by atoms with E-state index in [9.17, 15) is 4.79 Å². The third kappa shape index (κ3) is 3.03. The highest BCUT2D eigenvalue weighted by molar-refractivity contribution is 6.36. The molecule has 1 aromatic heterocycles. The smallest absolute Gasteiger partial charge is 0.255 e. The van der Waals surface area contributed by atoms with E-state index < -0.39 is 0 Å². The fraction of sp³-hybridized carbons (Fsp3) is 0.143. The van der Waals surface area contributed by atoms with E-state index in [2.05, 4.69) is 4.98 Å². The predicted octanol–water partition coefficient (Wildman–Crippen LogP) is 2.22. The van der Waals surface area contributed by atoms with Crippen molar-refractivity contribution in [2.45, 2.75) is 6.54 Å². The van der Waals surface area contributed by atoms with Crippen LogP contribution in [0.1, 0.15) is 0 Å². The minimum absolute atomic E-state index is 0.159. The summed E-state index contributed by atoms with van der Waals surface area (Å²) in [6, 6.07) is 1.21. The van der Waals surface area contributed by atoms with Gasteiger partial charge in [0.1, 0.15) is 5.15 Å². The quantitative estimate of drug-likeness (QED) is 0.742. The first-order chi connectivity index (χ1) is 6.13. The SMILES string of the molecule is O=c1cc(Cl)ncn1C/C(Cl)=C\Cl. The molecule has 0 saturated carbocycles. The van der Waals surface area contributed by atoms with Gasteiger partial charge in [0.25, 0.3) is 5.56 Å². The number of aromatic nitrogens is 2. The van der Waals surface area contributed by atoms with Crippen LogP contribution in [0.2, 0.25) is 5.15 Å². The number of hydrogen-bond acceptors (Lipinski definition) is 2. The number of rotatable bonds is 2. The predicted molar refractivity (Wildman–Crippen MR) is 53.3 cm³/mol. The summed E-state index contributed by atoms with van der Waals surface area (Å²) >= 11 is 16.4. The van der Waals surface area contributed by atoms with Gasteiger partial charge in [0.15, 0.2) is 0 Å². The minimum atomic E-state index is -0.267. The van der Waals surface area contributed by atoms with Crippen LogP contribution < -0.4 is 5.56 Å². The lowest BCUT2D eigenvalue weighted by molar-refractivity contribution is 0.746. The molecular weight excluding hydrogens is 234 g/mol. The van der Waals surface area contributed by atoms with Crippen LogP contribution in [0.3, 0.4) is 0 Å². The van der Waals surface area contributed by atoms with Gasteiger partial charge < -0.3 is 0 Å². The molecule has 0 aliphatic rings. The molecular formula is C7H5Cl3N2O. The molecule has 6 heteroatoms. The van der Waals surface area contributed by atoms with E-state index in [1.54, 1.807) is 0 Å². The van der Waals surface area contributed by atoms with Crippen LogP contribution in [0, 0.1) is 0 Å². The van der Waals surface area contributed by atoms with Crippen molar-refractivity contribution in [2.75, 3.05) is 0 Å². The zero-order valence-corrected chi connectivity index (χ0v) is 8.64. The summed E-state index contributed by atoms with van der Waals surface area (Å²) in [5.74, 6) is 0. The average Bonchev–Trinajstić information content (AvgIpc) is 2.09. The second-order valence-corrected chi connectivity index (χ2v) is 3.32. The van der Waals surface area contributed by atoms with Gasteiger partial charge in [-0.2, -0.15) is 0 Å². The van der Waals surface area contributed by atoms with Crippen LogP contribution in [0.4, 0.5) is 0 Å². The van der Waals surface area contributed by atoms with Crippen molar-refractivity contribution in [3.05, 3.63) is 38.5 Å². The summed E-state index contributed by atoms with van der Waals surface area (Å²) in [6.07, 6.45) is 1.31. The average molecular weight is 239 g/mol. The molecule has 0 unspecified atom stereocenters. The molecule has 0 amide bonds. The molecule has 0 bridgehead atoms. The summed E-state index contributed by atoms with van der Waals surface area (Å²) in [7, 11) is 0. The Morgan fingerprint density at radius 2 is 2.38 bits per heavy atom. The molecule has 0 fully saturated rings. The molecule has 3 nitrogen and oxygen atoms in total. The first-order valence-corrected chi connectivity index (χ1v) is 4.49. The van der Waals surface area contributed by atoms with Gasteiger partial charge in [0, 0.05) is 16.6 Å². The Morgan fingerprint density at radius 3 is 2.92 bits per heavy atom. The number of hydrogen-bond donors (Lipinski definition) is 0. The molecule has 1 heterocycles. The maximum absolute atomic E-state index is 11.2. The zero-order valence-electron chi connectivity index (χ0n) is 6.38. The Labute approximate surface area is 89.6 Å². The first kappa shape index (κ1) is 10.6. The summed E-state index contributed by atoms with van der Waals surface area (Å²) in [5, 5.41) is 0.514. The maximum Gasteiger partial charge on any atom is 0.255 e. The van der Waals surface area contributed by atoms with Crippen LogP contribution in [0.15, 0.2) is 27.8 Å². The van der Waals surface area contributed by atoms with Gasteiger partial charge in [-0.3, -0.25) is 9.36 Å². The van der Waals surface area contributed by atoms with Crippen LogP contribution >= 0.6 is 34.8 Å². The summed E-state index contributed by atoms with van der Waals surface area (Å²) in [6.45, 7) is 0.202. The largest absolute Gasteiger partial charge is 0.294 e. The standard InChI is InChI=1S/C7H5Cl3N2O/c8-2-5(9)3-12-4-11-6(10)1-7(12)13/h1-2,4H,3H2/b5-2+. The number of allylic oxidation sites excluding steroid dienone is 1. The molecule has 0 N–H and O–H groups in total. The van der Waals surface area contributed by atoms with E-state index in [0.717, 1.165) is 0 Å². The van der Waals surface area contributed by atoms with E-state index in [4.69, 9.17) is 34.8 Å². The van der Waals surface area contributed by atoms with Gasteiger partial charge in [-0.05, 0) is 0 Å². The van der Waals surface area contributed by atoms with Gasteiger partial charge in [-0.1, -0.05) is 34.8 Å². The Morgan fingerprint density at radius 1 is 1.69 bits per heavy atom. The van der Waals surface area contributed by atoms with Crippen molar-refractivity contribution in [3.8, 4) is 0 Å². The van der Waals surface area contributed by atoms with Gasteiger partial charge >= 0.3 is 0 Å².